The Morgan fingerprint density at radius 1 is 1.05 bits per heavy atom. The molecule has 0 bridgehead atoms. The Labute approximate surface area is 151 Å². The van der Waals surface area contributed by atoms with E-state index >= 15 is 0 Å². The number of benzene rings is 1. The normalized spacial score (nSPS) is 9.24. The van der Waals surface area contributed by atoms with Gasteiger partial charge in [-0.2, -0.15) is 0 Å². The van der Waals surface area contributed by atoms with Crippen molar-refractivity contribution in [3.8, 4) is 5.75 Å². The van der Waals surface area contributed by atoms with E-state index in [2.05, 4.69) is 6.92 Å². The molecular formula is C17H27NaO3. The summed E-state index contributed by atoms with van der Waals surface area (Å²) in [5.41, 5.74) is 1.09. The quantitative estimate of drug-likeness (QED) is 0.560. The van der Waals surface area contributed by atoms with E-state index in [1.807, 2.05) is 18.2 Å². The Morgan fingerprint density at radius 2 is 1.52 bits per heavy atom. The number of rotatable bonds is 8. The van der Waals surface area contributed by atoms with E-state index in [0.29, 0.717) is 5.75 Å². The molecule has 0 unspecified atom stereocenters. The molecule has 0 radical (unpaired) electrons. The molecule has 4 heteroatoms. The fourth-order valence-electron chi connectivity index (χ4n) is 1.99. The summed E-state index contributed by atoms with van der Waals surface area (Å²) in [6.45, 7) is 3.22. The summed E-state index contributed by atoms with van der Waals surface area (Å²) < 4.78 is 0. The van der Waals surface area contributed by atoms with Gasteiger partial charge in [0.25, 0.3) is 0 Å². The number of phenolic OH excluding ortho intramolecular Hbond substituents is 1. The van der Waals surface area contributed by atoms with Gasteiger partial charge in [0.05, 0.1) is 0 Å². The second-order valence-electron chi connectivity index (χ2n) is 4.99. The van der Waals surface area contributed by atoms with Crippen LogP contribution in [-0.4, -0.2) is 11.1 Å². The molecule has 0 saturated heterocycles. The molecule has 1 aromatic carbocycles. The molecule has 21 heavy (non-hydrogen) atoms. The fraction of sp³-hybridized carbons (Fsp3) is 0.588. The maximum Gasteiger partial charge on any atom is 1.00 e. The van der Waals surface area contributed by atoms with Crippen molar-refractivity contribution in [1.29, 1.82) is 0 Å². The van der Waals surface area contributed by atoms with Gasteiger partial charge in [-0.05, 0) is 31.4 Å². The Kier molecular flexibility index (Phi) is 17.2. The summed E-state index contributed by atoms with van der Waals surface area (Å²) in [5, 5.41) is 18.5. The van der Waals surface area contributed by atoms with E-state index in [1.165, 1.54) is 44.9 Å². The monoisotopic (exact) mass is 302 g/mol. The average molecular weight is 302 g/mol. The van der Waals surface area contributed by atoms with Crippen molar-refractivity contribution in [3.05, 3.63) is 29.8 Å². The van der Waals surface area contributed by atoms with Crippen molar-refractivity contribution in [3.63, 3.8) is 0 Å². The number of carbonyl (C=O) groups excluding carboxylic acids is 1. The van der Waals surface area contributed by atoms with Crippen LogP contribution in [0.25, 0.3) is 0 Å². The molecule has 1 rings (SSSR count). The third kappa shape index (κ3) is 15.7. The SMILES string of the molecule is CC(=O)[O-].CCCCCCCCCc1ccccc1O.[Na+]. The maximum absolute atomic E-state index is 9.58. The Morgan fingerprint density at radius 3 is 2.05 bits per heavy atom. The number of hydrogen-bond acceptors (Lipinski definition) is 3. The van der Waals surface area contributed by atoms with Gasteiger partial charge in [-0.1, -0.05) is 63.6 Å². The Balaban J connectivity index is 0. The zero-order chi connectivity index (χ0) is 15.2. The van der Waals surface area contributed by atoms with E-state index < -0.39 is 5.97 Å². The number of aliphatic carboxylic acids is 1. The van der Waals surface area contributed by atoms with Crippen molar-refractivity contribution >= 4 is 5.97 Å². The molecule has 0 spiro atoms. The van der Waals surface area contributed by atoms with Gasteiger partial charge in [0.2, 0.25) is 0 Å². The number of phenols is 1. The van der Waals surface area contributed by atoms with Gasteiger partial charge in [0.1, 0.15) is 5.75 Å². The van der Waals surface area contributed by atoms with Crippen LogP contribution >= 0.6 is 0 Å². The molecule has 114 valence electrons. The number of para-hydroxylation sites is 1. The first-order valence-electron chi connectivity index (χ1n) is 7.52. The van der Waals surface area contributed by atoms with Crippen molar-refractivity contribution in [2.24, 2.45) is 0 Å². The van der Waals surface area contributed by atoms with E-state index in [4.69, 9.17) is 9.90 Å². The van der Waals surface area contributed by atoms with Crippen LogP contribution < -0.4 is 34.7 Å². The van der Waals surface area contributed by atoms with Crippen LogP contribution in [0.1, 0.15) is 64.4 Å². The van der Waals surface area contributed by atoms with E-state index in [1.54, 1.807) is 6.07 Å². The van der Waals surface area contributed by atoms with Gasteiger partial charge < -0.3 is 15.0 Å². The molecule has 0 aliphatic heterocycles. The predicted octanol–water partition coefficient (Wildman–Crippen LogP) is 0.445. The molecular weight excluding hydrogens is 275 g/mol. The Bertz CT molecular complexity index is 363. The second kappa shape index (κ2) is 15.9. The third-order valence-corrected chi connectivity index (χ3v) is 3.04. The van der Waals surface area contributed by atoms with Gasteiger partial charge in [0, 0.05) is 5.97 Å². The van der Waals surface area contributed by atoms with Gasteiger partial charge in [-0.25, -0.2) is 0 Å². The molecule has 0 aliphatic carbocycles. The first-order valence-corrected chi connectivity index (χ1v) is 7.52. The largest absolute Gasteiger partial charge is 1.00 e. The van der Waals surface area contributed by atoms with Gasteiger partial charge >= 0.3 is 29.6 Å². The number of carbonyl (C=O) groups is 1. The molecule has 1 aromatic rings. The summed E-state index contributed by atoms with van der Waals surface area (Å²) in [5.74, 6) is -0.631. The average Bonchev–Trinajstić information content (AvgIpc) is 2.39. The molecule has 0 amide bonds. The number of unbranched alkanes of at least 4 members (excludes halogenated alkanes) is 6. The van der Waals surface area contributed by atoms with Crippen molar-refractivity contribution in [1.82, 2.24) is 0 Å². The topological polar surface area (TPSA) is 60.4 Å². The summed E-state index contributed by atoms with van der Waals surface area (Å²) >= 11 is 0. The molecule has 0 fully saturated rings. The molecule has 0 aliphatic rings. The van der Waals surface area contributed by atoms with Gasteiger partial charge in [-0.15, -0.1) is 0 Å². The van der Waals surface area contributed by atoms with Crippen LogP contribution in [0.3, 0.4) is 0 Å². The van der Waals surface area contributed by atoms with Crippen molar-refractivity contribution in [2.45, 2.75) is 65.2 Å². The zero-order valence-corrected chi connectivity index (χ0v) is 15.7. The van der Waals surface area contributed by atoms with Gasteiger partial charge in [0.15, 0.2) is 0 Å². The summed E-state index contributed by atoms with van der Waals surface area (Å²) in [7, 11) is 0. The minimum atomic E-state index is -1.08. The van der Waals surface area contributed by atoms with E-state index in [0.717, 1.165) is 18.9 Å². The van der Waals surface area contributed by atoms with Crippen molar-refractivity contribution < 1.29 is 44.6 Å². The smallest absolute Gasteiger partial charge is 0.550 e. The zero-order valence-electron chi connectivity index (χ0n) is 13.7. The van der Waals surface area contributed by atoms with Gasteiger partial charge in [-0.3, -0.25) is 0 Å². The molecule has 0 heterocycles. The van der Waals surface area contributed by atoms with Crippen LogP contribution in [0.2, 0.25) is 0 Å². The molecule has 0 aromatic heterocycles. The summed E-state index contributed by atoms with van der Waals surface area (Å²) in [6.07, 6.45) is 10.3. The fourth-order valence-corrected chi connectivity index (χ4v) is 1.99. The number of carboxylic acid groups (broad SMARTS) is 1. The molecule has 0 saturated carbocycles. The number of aryl methyl sites for hydroxylation is 1. The second-order valence-corrected chi connectivity index (χ2v) is 4.99. The summed E-state index contributed by atoms with van der Waals surface area (Å²) in [4.78, 5) is 8.89. The van der Waals surface area contributed by atoms with Crippen LogP contribution in [0.4, 0.5) is 0 Å². The maximum atomic E-state index is 9.58. The van der Waals surface area contributed by atoms with Crippen LogP contribution in [-0.2, 0) is 11.2 Å². The number of carboxylic acids is 1. The molecule has 3 nitrogen and oxygen atoms in total. The minimum absolute atomic E-state index is 0. The van der Waals surface area contributed by atoms with E-state index in [-0.39, 0.29) is 29.6 Å². The van der Waals surface area contributed by atoms with Crippen molar-refractivity contribution in [2.75, 3.05) is 0 Å². The number of aromatic hydroxyl groups is 1. The van der Waals surface area contributed by atoms with Crippen LogP contribution in [0, 0.1) is 0 Å². The molecule has 1 N–H and O–H groups in total. The third-order valence-electron chi connectivity index (χ3n) is 3.04. The van der Waals surface area contributed by atoms with Crippen LogP contribution in [0.5, 0.6) is 5.75 Å². The minimum Gasteiger partial charge on any atom is -0.550 e. The standard InChI is InChI=1S/C15H24O.C2H4O2.Na/c1-2-3-4-5-6-7-8-11-14-12-9-10-13-15(14)16;1-2(3)4;/h9-10,12-13,16H,2-8,11H2,1H3;1H3,(H,3,4);/q;;+1/p-1. The summed E-state index contributed by atoms with van der Waals surface area (Å²) in [6, 6.07) is 7.67. The molecule has 0 atom stereocenters. The predicted molar refractivity (Wildman–Crippen MR) is 80.5 cm³/mol. The first-order chi connectivity index (χ1) is 9.57. The Hall–Kier alpha value is -0.510. The van der Waals surface area contributed by atoms with Crippen LogP contribution in [0.15, 0.2) is 24.3 Å². The van der Waals surface area contributed by atoms with E-state index in [9.17, 15) is 5.11 Å². The first kappa shape index (κ1) is 22.8. The number of hydrogen-bond donors (Lipinski definition) is 1.